The van der Waals surface area contributed by atoms with Gasteiger partial charge in [-0.2, -0.15) is 0 Å². The Morgan fingerprint density at radius 2 is 1.90 bits per heavy atom. The summed E-state index contributed by atoms with van der Waals surface area (Å²) in [5.41, 5.74) is 2.66. The van der Waals surface area contributed by atoms with Gasteiger partial charge in [0.1, 0.15) is 5.69 Å². The summed E-state index contributed by atoms with van der Waals surface area (Å²) in [6.07, 6.45) is 1.81. The average molecular weight is 393 g/mol. The number of carbonyl (C=O) groups excluding carboxylic acids is 1. The maximum atomic E-state index is 12.9. The second kappa shape index (κ2) is 8.13. The molecule has 1 amide bonds. The van der Waals surface area contributed by atoms with Gasteiger partial charge in [0.2, 0.25) is 0 Å². The quantitative estimate of drug-likeness (QED) is 0.698. The van der Waals surface area contributed by atoms with Crippen LogP contribution in [0.3, 0.4) is 0 Å². The maximum absolute atomic E-state index is 12.9. The molecule has 0 radical (unpaired) electrons. The molecule has 2 aromatic heterocycles. The first-order chi connectivity index (χ1) is 14.0. The lowest BCUT2D eigenvalue weighted by atomic mass is 10.2. The maximum Gasteiger partial charge on any atom is 0.270 e. The molecule has 1 aliphatic heterocycles. The smallest absolute Gasteiger partial charge is 0.270 e. The van der Waals surface area contributed by atoms with E-state index in [4.69, 9.17) is 0 Å². The highest BCUT2D eigenvalue weighted by molar-refractivity contribution is 5.98. The minimum atomic E-state index is 0.0588. The zero-order valence-electron chi connectivity index (χ0n) is 17.2. The Labute approximate surface area is 171 Å². The highest BCUT2D eigenvalue weighted by atomic mass is 16.2. The van der Waals surface area contributed by atoms with Crippen LogP contribution in [-0.4, -0.2) is 65.1 Å². The van der Waals surface area contributed by atoms with Crippen LogP contribution in [0.25, 0.3) is 10.9 Å². The van der Waals surface area contributed by atoms with Crippen LogP contribution in [0.15, 0.2) is 48.7 Å². The number of anilines is 2. The predicted molar refractivity (Wildman–Crippen MR) is 117 cm³/mol. The van der Waals surface area contributed by atoms with Crippen molar-refractivity contribution in [1.29, 1.82) is 0 Å². The summed E-state index contributed by atoms with van der Waals surface area (Å²) < 4.78 is 0. The van der Waals surface area contributed by atoms with Gasteiger partial charge in [-0.1, -0.05) is 18.2 Å². The summed E-state index contributed by atoms with van der Waals surface area (Å²) in [4.78, 5) is 22.7. The molecule has 1 saturated heterocycles. The number of fused-ring (bicyclic) bond motifs is 1. The molecular weight excluding hydrogens is 364 g/mol. The molecule has 152 valence electrons. The fraction of sp³-hybridized carbons (Fsp3) is 0.364. The molecule has 7 nitrogen and oxygen atoms in total. The van der Waals surface area contributed by atoms with Gasteiger partial charge in [0.05, 0.1) is 5.69 Å². The van der Waals surface area contributed by atoms with Gasteiger partial charge in [-0.3, -0.25) is 9.80 Å². The number of piperazine rings is 1. The van der Waals surface area contributed by atoms with Crippen molar-refractivity contribution in [2.24, 2.45) is 0 Å². The number of pyridine rings is 1. The molecule has 7 heteroatoms. The molecule has 0 bridgehead atoms. The molecule has 4 rings (SSSR count). The van der Waals surface area contributed by atoms with Crippen LogP contribution in [0.4, 0.5) is 11.5 Å². The van der Waals surface area contributed by atoms with E-state index < -0.39 is 0 Å². The lowest BCUT2D eigenvalue weighted by Gasteiger charge is -2.40. The molecule has 1 aliphatic rings. The number of hydrogen-bond donors (Lipinski definition) is 2. The molecule has 2 N–H and O–H groups in total. The molecule has 0 spiro atoms. The molecular formula is C22H28N6O. The Bertz CT molecular complexity index is 957. The van der Waals surface area contributed by atoms with Crippen molar-refractivity contribution in [3.8, 4) is 0 Å². The number of benzene rings is 1. The fourth-order valence-corrected chi connectivity index (χ4v) is 3.77. The van der Waals surface area contributed by atoms with Gasteiger partial charge in [0, 0.05) is 56.4 Å². The van der Waals surface area contributed by atoms with E-state index in [1.165, 1.54) is 0 Å². The number of nitrogens with one attached hydrogen (secondary N) is 2. The van der Waals surface area contributed by atoms with Crippen molar-refractivity contribution in [1.82, 2.24) is 19.9 Å². The third kappa shape index (κ3) is 4.05. The van der Waals surface area contributed by atoms with E-state index in [9.17, 15) is 4.79 Å². The number of nitrogens with zero attached hydrogens (tertiary/aromatic N) is 4. The summed E-state index contributed by atoms with van der Waals surface area (Å²) in [7, 11) is 2.03. The zero-order valence-corrected chi connectivity index (χ0v) is 17.2. The SMILES string of the molecule is CC(C)Nc1cccnc1N(C)N1CCN(C(=O)c2cc3ccccc3[nH]2)CC1. The number of carbonyl (C=O) groups is 1. The third-order valence-electron chi connectivity index (χ3n) is 5.27. The van der Waals surface area contributed by atoms with Crippen LogP contribution in [-0.2, 0) is 0 Å². The Balaban J connectivity index is 1.42. The van der Waals surface area contributed by atoms with Crippen LogP contribution in [0.5, 0.6) is 0 Å². The van der Waals surface area contributed by atoms with Gasteiger partial charge in [-0.25, -0.2) is 9.99 Å². The van der Waals surface area contributed by atoms with Crippen molar-refractivity contribution in [3.05, 3.63) is 54.4 Å². The number of aromatic amines is 1. The van der Waals surface area contributed by atoms with Crippen LogP contribution in [0.2, 0.25) is 0 Å². The molecule has 1 fully saturated rings. The van der Waals surface area contributed by atoms with Crippen LogP contribution in [0.1, 0.15) is 24.3 Å². The Morgan fingerprint density at radius 1 is 1.14 bits per heavy atom. The first kappa shape index (κ1) is 19.3. The molecule has 29 heavy (non-hydrogen) atoms. The summed E-state index contributed by atoms with van der Waals surface area (Å²) >= 11 is 0. The first-order valence-corrected chi connectivity index (χ1v) is 10.1. The van der Waals surface area contributed by atoms with E-state index in [-0.39, 0.29) is 5.91 Å². The van der Waals surface area contributed by atoms with Gasteiger partial charge in [-0.05, 0) is 38.1 Å². The average Bonchev–Trinajstić information content (AvgIpc) is 3.17. The standard InChI is InChI=1S/C22H28N6O/c1-16(2)24-19-9-6-10-23-21(19)26(3)28-13-11-27(12-14-28)22(29)20-15-17-7-4-5-8-18(17)25-20/h4-10,15-16,24-25H,11-14H2,1-3H3. The van der Waals surface area contributed by atoms with E-state index in [0.717, 1.165) is 35.5 Å². The van der Waals surface area contributed by atoms with Crippen LogP contribution < -0.4 is 10.3 Å². The topological polar surface area (TPSA) is 67.5 Å². The Kier molecular flexibility index (Phi) is 5.40. The fourth-order valence-electron chi connectivity index (χ4n) is 3.77. The second-order valence-corrected chi connectivity index (χ2v) is 7.71. The number of para-hydroxylation sites is 1. The van der Waals surface area contributed by atoms with E-state index in [1.54, 1.807) is 0 Å². The number of amides is 1. The molecule has 3 heterocycles. The molecule has 0 atom stereocenters. The third-order valence-corrected chi connectivity index (χ3v) is 5.27. The van der Waals surface area contributed by atoms with E-state index in [0.29, 0.717) is 24.8 Å². The lowest BCUT2D eigenvalue weighted by molar-refractivity contribution is 0.0623. The highest BCUT2D eigenvalue weighted by Gasteiger charge is 2.26. The Morgan fingerprint density at radius 3 is 2.62 bits per heavy atom. The summed E-state index contributed by atoms with van der Waals surface area (Å²) in [6, 6.07) is 14.2. The lowest BCUT2D eigenvalue weighted by Crippen LogP contribution is -2.54. The summed E-state index contributed by atoms with van der Waals surface area (Å²) in [6.45, 7) is 7.12. The molecule has 0 unspecified atom stereocenters. The molecule has 3 aromatic rings. The largest absolute Gasteiger partial charge is 0.380 e. The van der Waals surface area contributed by atoms with Crippen LogP contribution in [0, 0.1) is 0 Å². The number of H-pyrrole nitrogens is 1. The van der Waals surface area contributed by atoms with Gasteiger partial charge >= 0.3 is 0 Å². The van der Waals surface area contributed by atoms with Crippen molar-refractivity contribution < 1.29 is 4.79 Å². The zero-order chi connectivity index (χ0) is 20.4. The second-order valence-electron chi connectivity index (χ2n) is 7.71. The monoisotopic (exact) mass is 392 g/mol. The van der Waals surface area contributed by atoms with Gasteiger partial charge < -0.3 is 15.2 Å². The molecule has 0 saturated carbocycles. The predicted octanol–water partition coefficient (Wildman–Crippen LogP) is 3.19. The first-order valence-electron chi connectivity index (χ1n) is 10.1. The van der Waals surface area contributed by atoms with E-state index >= 15 is 0 Å². The number of rotatable bonds is 5. The van der Waals surface area contributed by atoms with Crippen molar-refractivity contribution >= 4 is 28.3 Å². The van der Waals surface area contributed by atoms with E-state index in [2.05, 4.69) is 45.2 Å². The van der Waals surface area contributed by atoms with Gasteiger partial charge in [0.25, 0.3) is 5.91 Å². The van der Waals surface area contributed by atoms with Crippen molar-refractivity contribution in [2.75, 3.05) is 43.6 Å². The molecule has 0 aliphatic carbocycles. The summed E-state index contributed by atoms with van der Waals surface area (Å²) in [5.74, 6) is 0.958. The van der Waals surface area contributed by atoms with Crippen molar-refractivity contribution in [3.63, 3.8) is 0 Å². The highest BCUT2D eigenvalue weighted by Crippen LogP contribution is 2.24. The van der Waals surface area contributed by atoms with E-state index in [1.807, 2.05) is 54.5 Å². The van der Waals surface area contributed by atoms with Gasteiger partial charge in [-0.15, -0.1) is 0 Å². The van der Waals surface area contributed by atoms with Crippen LogP contribution >= 0.6 is 0 Å². The number of hydrazine groups is 1. The normalized spacial score (nSPS) is 15.1. The Hall–Kier alpha value is -3.06. The number of aromatic nitrogens is 2. The van der Waals surface area contributed by atoms with Crippen molar-refractivity contribution in [2.45, 2.75) is 19.9 Å². The summed E-state index contributed by atoms with van der Waals surface area (Å²) in [5, 5.41) is 8.85. The van der Waals surface area contributed by atoms with Gasteiger partial charge in [0.15, 0.2) is 5.82 Å². The minimum Gasteiger partial charge on any atom is -0.380 e. The molecule has 1 aromatic carbocycles. The number of hydrogen-bond acceptors (Lipinski definition) is 5. The minimum absolute atomic E-state index is 0.0588.